The molecule has 1 saturated heterocycles. The molecule has 142 valence electrons. The molecule has 0 saturated carbocycles. The predicted molar refractivity (Wildman–Crippen MR) is 89.1 cm³/mol. The number of hydrogen-bond donors (Lipinski definition) is 1. The minimum Gasteiger partial charge on any atom is -0.483 e. The van der Waals surface area contributed by atoms with Gasteiger partial charge in [0.15, 0.2) is 17.4 Å². The van der Waals surface area contributed by atoms with Gasteiger partial charge in [-0.2, -0.15) is 0 Å². The van der Waals surface area contributed by atoms with Crippen molar-refractivity contribution in [1.82, 2.24) is 4.90 Å². The number of halogens is 3. The first-order valence-corrected chi connectivity index (χ1v) is 8.20. The van der Waals surface area contributed by atoms with E-state index in [0.29, 0.717) is 5.56 Å². The van der Waals surface area contributed by atoms with E-state index in [9.17, 15) is 22.8 Å². The van der Waals surface area contributed by atoms with E-state index in [0.717, 1.165) is 17.0 Å². The highest BCUT2D eigenvalue weighted by Crippen LogP contribution is 2.28. The number of nitrogens with zero attached hydrogens (tertiary/aromatic N) is 1. The Hall–Kier alpha value is -3.03. The zero-order chi connectivity index (χ0) is 19.6. The SMILES string of the molecule is O=C(O)C1CC(F)CN1C(=O)c1cc(F)c(OCc2ccccc2)c(F)c1. The molecular formula is C19H16F3NO4. The molecule has 1 amide bonds. The largest absolute Gasteiger partial charge is 0.483 e. The van der Waals surface area contributed by atoms with Gasteiger partial charge in [0.2, 0.25) is 0 Å². The summed E-state index contributed by atoms with van der Waals surface area (Å²) in [5, 5.41) is 9.10. The van der Waals surface area contributed by atoms with E-state index in [1.807, 2.05) is 0 Å². The number of alkyl halides is 1. The molecule has 2 aromatic carbocycles. The third-order valence-electron chi connectivity index (χ3n) is 4.27. The molecule has 1 aliphatic heterocycles. The van der Waals surface area contributed by atoms with Crippen molar-refractivity contribution in [2.24, 2.45) is 0 Å². The maximum atomic E-state index is 14.3. The van der Waals surface area contributed by atoms with Crippen LogP contribution < -0.4 is 4.74 Å². The van der Waals surface area contributed by atoms with Gasteiger partial charge in [0, 0.05) is 12.0 Å². The molecule has 0 aliphatic carbocycles. The van der Waals surface area contributed by atoms with Crippen molar-refractivity contribution in [3.63, 3.8) is 0 Å². The molecule has 0 aromatic heterocycles. The van der Waals surface area contributed by atoms with Crippen LogP contribution in [0.5, 0.6) is 5.75 Å². The standard InChI is InChI=1S/C19H16F3NO4/c20-13-8-16(19(25)26)23(9-13)18(24)12-6-14(21)17(15(22)7-12)27-10-11-4-2-1-3-5-11/h1-7,13,16H,8-10H2,(H,25,26). The van der Waals surface area contributed by atoms with Crippen LogP contribution in [0.2, 0.25) is 0 Å². The minimum atomic E-state index is -1.50. The summed E-state index contributed by atoms with van der Waals surface area (Å²) in [5.74, 6) is -5.16. The zero-order valence-electron chi connectivity index (χ0n) is 14.1. The van der Waals surface area contributed by atoms with Crippen molar-refractivity contribution >= 4 is 11.9 Å². The number of aliphatic carboxylic acids is 1. The van der Waals surface area contributed by atoms with E-state index in [4.69, 9.17) is 9.84 Å². The molecule has 8 heteroatoms. The van der Waals surface area contributed by atoms with Crippen LogP contribution in [0.3, 0.4) is 0 Å². The molecule has 3 rings (SSSR count). The molecule has 0 radical (unpaired) electrons. The van der Waals surface area contributed by atoms with Crippen LogP contribution in [0.15, 0.2) is 42.5 Å². The lowest BCUT2D eigenvalue weighted by molar-refractivity contribution is -0.141. The van der Waals surface area contributed by atoms with Crippen LogP contribution in [0.1, 0.15) is 22.3 Å². The third-order valence-corrected chi connectivity index (χ3v) is 4.27. The smallest absolute Gasteiger partial charge is 0.326 e. The van der Waals surface area contributed by atoms with E-state index >= 15 is 0 Å². The second-order valence-electron chi connectivity index (χ2n) is 6.19. The van der Waals surface area contributed by atoms with E-state index < -0.39 is 53.6 Å². The van der Waals surface area contributed by atoms with Gasteiger partial charge in [0.1, 0.15) is 18.8 Å². The van der Waals surface area contributed by atoms with Gasteiger partial charge >= 0.3 is 5.97 Å². The summed E-state index contributed by atoms with van der Waals surface area (Å²) in [7, 11) is 0. The van der Waals surface area contributed by atoms with Crippen LogP contribution in [0.4, 0.5) is 13.2 Å². The number of carboxylic acid groups (broad SMARTS) is 1. The molecule has 5 nitrogen and oxygen atoms in total. The molecule has 1 N–H and O–H groups in total. The molecular weight excluding hydrogens is 363 g/mol. The lowest BCUT2D eigenvalue weighted by Crippen LogP contribution is -2.40. The molecule has 1 fully saturated rings. The predicted octanol–water partition coefficient (Wildman–Crippen LogP) is 3.18. The zero-order valence-corrected chi connectivity index (χ0v) is 14.1. The Balaban J connectivity index is 1.79. The van der Waals surface area contributed by atoms with Gasteiger partial charge in [0.05, 0.1) is 6.54 Å². The number of likely N-dealkylation sites (tertiary alicyclic amines) is 1. The Morgan fingerprint density at radius 2 is 1.78 bits per heavy atom. The molecule has 1 aliphatic rings. The van der Waals surface area contributed by atoms with Crippen molar-refractivity contribution in [2.45, 2.75) is 25.2 Å². The first-order valence-electron chi connectivity index (χ1n) is 8.20. The van der Waals surface area contributed by atoms with E-state index in [1.165, 1.54) is 0 Å². The number of rotatable bonds is 5. The van der Waals surface area contributed by atoms with Gasteiger partial charge in [-0.15, -0.1) is 0 Å². The fourth-order valence-corrected chi connectivity index (χ4v) is 2.96. The van der Waals surface area contributed by atoms with Crippen LogP contribution >= 0.6 is 0 Å². The fraction of sp³-hybridized carbons (Fsp3) is 0.263. The minimum absolute atomic E-state index is 0.0707. The summed E-state index contributed by atoms with van der Waals surface area (Å²) < 4.78 is 47.2. The molecule has 2 aromatic rings. The first-order chi connectivity index (χ1) is 12.9. The first kappa shape index (κ1) is 18.8. The summed E-state index contributed by atoms with van der Waals surface area (Å²) in [6.07, 6.45) is -1.86. The molecule has 27 heavy (non-hydrogen) atoms. The summed E-state index contributed by atoms with van der Waals surface area (Å²) in [4.78, 5) is 24.4. The number of ether oxygens (including phenoxy) is 1. The molecule has 0 bridgehead atoms. The van der Waals surface area contributed by atoms with Crippen molar-refractivity contribution in [3.8, 4) is 5.75 Å². The van der Waals surface area contributed by atoms with Crippen LogP contribution in [0.25, 0.3) is 0 Å². The van der Waals surface area contributed by atoms with Crippen LogP contribution in [-0.4, -0.2) is 40.6 Å². The molecule has 1 heterocycles. The summed E-state index contributed by atoms with van der Waals surface area (Å²) in [5.41, 5.74) is 0.296. The van der Waals surface area contributed by atoms with Crippen molar-refractivity contribution in [1.29, 1.82) is 0 Å². The number of carbonyl (C=O) groups is 2. The molecule has 0 spiro atoms. The van der Waals surface area contributed by atoms with Crippen molar-refractivity contribution < 1.29 is 32.6 Å². The molecule has 2 unspecified atom stereocenters. The highest BCUT2D eigenvalue weighted by atomic mass is 19.1. The highest BCUT2D eigenvalue weighted by molar-refractivity contribution is 5.97. The topological polar surface area (TPSA) is 66.8 Å². The third kappa shape index (κ3) is 4.05. The lowest BCUT2D eigenvalue weighted by Gasteiger charge is -2.21. The van der Waals surface area contributed by atoms with Gasteiger partial charge < -0.3 is 14.7 Å². The van der Waals surface area contributed by atoms with Gasteiger partial charge in [-0.05, 0) is 17.7 Å². The maximum absolute atomic E-state index is 14.3. The maximum Gasteiger partial charge on any atom is 0.326 e. The Bertz CT molecular complexity index is 836. The van der Waals surface area contributed by atoms with Gasteiger partial charge in [-0.3, -0.25) is 4.79 Å². The number of hydrogen-bond acceptors (Lipinski definition) is 3. The normalized spacial score (nSPS) is 19.1. The fourth-order valence-electron chi connectivity index (χ4n) is 2.96. The molecule has 2 atom stereocenters. The van der Waals surface area contributed by atoms with E-state index in [2.05, 4.69) is 0 Å². The van der Waals surface area contributed by atoms with Gasteiger partial charge in [-0.1, -0.05) is 30.3 Å². The number of carboxylic acids is 1. The Labute approximate surface area is 153 Å². The Morgan fingerprint density at radius 1 is 1.15 bits per heavy atom. The highest BCUT2D eigenvalue weighted by Gasteiger charge is 2.40. The average Bonchev–Trinajstić information content (AvgIpc) is 3.03. The van der Waals surface area contributed by atoms with E-state index in [1.54, 1.807) is 30.3 Å². The average molecular weight is 379 g/mol. The van der Waals surface area contributed by atoms with Gasteiger partial charge in [-0.25, -0.2) is 18.0 Å². The lowest BCUT2D eigenvalue weighted by atomic mass is 10.1. The number of carbonyl (C=O) groups excluding carboxylic acids is 1. The Kier molecular flexibility index (Phi) is 5.34. The van der Waals surface area contributed by atoms with E-state index in [-0.39, 0.29) is 13.0 Å². The summed E-state index contributed by atoms with van der Waals surface area (Å²) in [6, 6.07) is 8.89. The monoisotopic (exact) mass is 379 g/mol. The summed E-state index contributed by atoms with van der Waals surface area (Å²) >= 11 is 0. The Morgan fingerprint density at radius 3 is 2.37 bits per heavy atom. The quantitative estimate of drug-likeness (QED) is 0.867. The van der Waals surface area contributed by atoms with Gasteiger partial charge in [0.25, 0.3) is 5.91 Å². The van der Waals surface area contributed by atoms with Crippen molar-refractivity contribution in [3.05, 3.63) is 65.2 Å². The van der Waals surface area contributed by atoms with Crippen LogP contribution in [0, 0.1) is 11.6 Å². The van der Waals surface area contributed by atoms with Crippen LogP contribution in [-0.2, 0) is 11.4 Å². The number of benzene rings is 2. The second kappa shape index (κ2) is 7.69. The van der Waals surface area contributed by atoms with Crippen molar-refractivity contribution in [2.75, 3.05) is 6.54 Å². The summed E-state index contributed by atoms with van der Waals surface area (Å²) in [6.45, 7) is -0.510. The second-order valence-corrected chi connectivity index (χ2v) is 6.19. The number of amides is 1.